The minimum Gasteiger partial charge on any atom is -0.478 e. The fraction of sp³-hybridized carbons (Fsp3) is 0.364. The number of aromatic carboxylic acids is 1. The number of rotatable bonds is 3. The van der Waals surface area contributed by atoms with Crippen LogP contribution < -0.4 is 10.6 Å². The molecular weight excluding hydrogens is 222 g/mol. The first-order valence-electron chi connectivity index (χ1n) is 5.32. The van der Waals surface area contributed by atoms with Crippen molar-refractivity contribution in [3.63, 3.8) is 0 Å². The third-order valence-electron chi connectivity index (χ3n) is 2.67. The van der Waals surface area contributed by atoms with E-state index in [2.05, 4.69) is 22.5 Å². The van der Waals surface area contributed by atoms with Gasteiger partial charge in [-0.1, -0.05) is 6.92 Å². The van der Waals surface area contributed by atoms with Crippen molar-refractivity contribution in [1.82, 2.24) is 10.3 Å². The molecule has 0 aliphatic heterocycles. The Balaban J connectivity index is 1.95. The highest BCUT2D eigenvalue weighted by Gasteiger charge is 2.33. The number of aromatic nitrogens is 1. The van der Waals surface area contributed by atoms with Gasteiger partial charge in [0.25, 0.3) is 0 Å². The van der Waals surface area contributed by atoms with Crippen LogP contribution in [-0.2, 0) is 0 Å². The van der Waals surface area contributed by atoms with Gasteiger partial charge in [-0.2, -0.15) is 0 Å². The van der Waals surface area contributed by atoms with Crippen molar-refractivity contribution in [3.8, 4) is 0 Å². The van der Waals surface area contributed by atoms with Crippen LogP contribution in [0.4, 0.5) is 10.5 Å². The molecule has 1 aliphatic rings. The summed E-state index contributed by atoms with van der Waals surface area (Å²) in [6, 6.07) is 1.26. The maximum Gasteiger partial charge on any atom is 0.337 e. The third-order valence-corrected chi connectivity index (χ3v) is 2.67. The molecule has 2 rings (SSSR count). The summed E-state index contributed by atoms with van der Waals surface area (Å²) in [6.07, 6.45) is 3.62. The van der Waals surface area contributed by atoms with E-state index in [4.69, 9.17) is 5.11 Å². The summed E-state index contributed by atoms with van der Waals surface area (Å²) in [5, 5.41) is 14.1. The molecule has 2 unspecified atom stereocenters. The zero-order chi connectivity index (χ0) is 12.4. The number of nitrogens with zero attached hydrogens (tertiary/aromatic N) is 1. The lowest BCUT2D eigenvalue weighted by atomic mass is 10.3. The number of anilines is 1. The van der Waals surface area contributed by atoms with E-state index in [0.717, 1.165) is 6.42 Å². The van der Waals surface area contributed by atoms with Gasteiger partial charge in [0, 0.05) is 12.2 Å². The second-order valence-electron chi connectivity index (χ2n) is 4.19. The molecule has 1 aromatic heterocycles. The number of amides is 2. The molecule has 6 nitrogen and oxygen atoms in total. The van der Waals surface area contributed by atoms with Crippen molar-refractivity contribution in [1.29, 1.82) is 0 Å². The normalized spacial score (nSPS) is 21.7. The van der Waals surface area contributed by atoms with Crippen molar-refractivity contribution in [2.24, 2.45) is 5.92 Å². The van der Waals surface area contributed by atoms with Crippen LogP contribution >= 0.6 is 0 Å². The second kappa shape index (κ2) is 4.40. The number of urea groups is 1. The second-order valence-corrected chi connectivity index (χ2v) is 4.19. The van der Waals surface area contributed by atoms with Crippen LogP contribution in [0.3, 0.4) is 0 Å². The van der Waals surface area contributed by atoms with E-state index in [1.165, 1.54) is 18.5 Å². The summed E-state index contributed by atoms with van der Waals surface area (Å²) in [6.45, 7) is 2.05. The average molecular weight is 235 g/mol. The number of nitrogens with one attached hydrogen (secondary N) is 2. The Morgan fingerprint density at radius 1 is 1.47 bits per heavy atom. The van der Waals surface area contributed by atoms with E-state index in [0.29, 0.717) is 11.6 Å². The average Bonchev–Trinajstić information content (AvgIpc) is 2.94. The van der Waals surface area contributed by atoms with Crippen molar-refractivity contribution >= 4 is 17.7 Å². The number of pyridine rings is 1. The fourth-order valence-electron chi connectivity index (χ4n) is 1.48. The lowest BCUT2D eigenvalue weighted by Crippen LogP contribution is -2.31. The van der Waals surface area contributed by atoms with Crippen molar-refractivity contribution in [2.75, 3.05) is 5.32 Å². The van der Waals surface area contributed by atoms with E-state index < -0.39 is 5.97 Å². The molecule has 1 aliphatic carbocycles. The maximum absolute atomic E-state index is 11.5. The molecule has 0 radical (unpaired) electrons. The summed E-state index contributed by atoms with van der Waals surface area (Å²) >= 11 is 0. The minimum absolute atomic E-state index is 0.0441. The van der Waals surface area contributed by atoms with Crippen molar-refractivity contribution in [2.45, 2.75) is 19.4 Å². The van der Waals surface area contributed by atoms with Gasteiger partial charge in [0.15, 0.2) is 0 Å². The fourth-order valence-corrected chi connectivity index (χ4v) is 1.48. The lowest BCUT2D eigenvalue weighted by Gasteiger charge is -2.06. The van der Waals surface area contributed by atoms with Gasteiger partial charge in [0.1, 0.15) is 0 Å². The van der Waals surface area contributed by atoms with Crippen LogP contribution in [0.5, 0.6) is 0 Å². The first-order chi connectivity index (χ1) is 8.06. The number of carboxylic acids is 1. The summed E-state index contributed by atoms with van der Waals surface area (Å²) in [4.78, 5) is 25.9. The summed E-state index contributed by atoms with van der Waals surface area (Å²) in [5.74, 6) is -0.554. The highest BCUT2D eigenvalue weighted by molar-refractivity contribution is 5.92. The van der Waals surface area contributed by atoms with Gasteiger partial charge in [0.2, 0.25) is 0 Å². The quantitative estimate of drug-likeness (QED) is 0.736. The zero-order valence-corrected chi connectivity index (χ0v) is 9.30. The standard InChI is InChI=1S/C11H13N3O3/c1-6-2-9(6)14-11(17)13-8-3-7(10(15)16)4-12-5-8/h3-6,9H,2H2,1H3,(H,15,16)(H2,13,14,17). The Labute approximate surface area is 98.1 Å². The maximum atomic E-state index is 11.5. The topological polar surface area (TPSA) is 91.3 Å². The molecule has 2 atom stereocenters. The molecule has 6 heteroatoms. The molecule has 0 bridgehead atoms. The highest BCUT2D eigenvalue weighted by Crippen LogP contribution is 2.28. The molecule has 0 saturated heterocycles. The van der Waals surface area contributed by atoms with Gasteiger partial charge in [-0.25, -0.2) is 9.59 Å². The Bertz CT molecular complexity index is 461. The molecule has 0 aromatic carbocycles. The molecule has 90 valence electrons. The van der Waals surface area contributed by atoms with Crippen molar-refractivity contribution in [3.05, 3.63) is 24.0 Å². The van der Waals surface area contributed by atoms with Gasteiger partial charge in [-0.05, 0) is 18.4 Å². The summed E-state index contributed by atoms with van der Waals surface area (Å²) in [7, 11) is 0. The van der Waals surface area contributed by atoms with E-state index in [-0.39, 0.29) is 17.6 Å². The Morgan fingerprint density at radius 3 is 2.76 bits per heavy atom. The van der Waals surface area contributed by atoms with Crippen molar-refractivity contribution < 1.29 is 14.7 Å². The van der Waals surface area contributed by atoms with Crippen LogP contribution in [0.1, 0.15) is 23.7 Å². The van der Waals surface area contributed by atoms with Gasteiger partial charge in [0.05, 0.1) is 17.4 Å². The van der Waals surface area contributed by atoms with Crippen LogP contribution in [0, 0.1) is 5.92 Å². The van der Waals surface area contributed by atoms with Gasteiger partial charge >= 0.3 is 12.0 Å². The van der Waals surface area contributed by atoms with Gasteiger partial charge in [-0.15, -0.1) is 0 Å². The SMILES string of the molecule is CC1CC1NC(=O)Nc1cncc(C(=O)O)c1. The number of carbonyl (C=O) groups excluding carboxylic acids is 1. The van der Waals surface area contributed by atoms with E-state index in [1.54, 1.807) is 0 Å². The molecule has 1 heterocycles. The molecule has 1 saturated carbocycles. The molecule has 3 N–H and O–H groups in total. The lowest BCUT2D eigenvalue weighted by molar-refractivity contribution is 0.0696. The van der Waals surface area contributed by atoms with E-state index in [9.17, 15) is 9.59 Å². The highest BCUT2D eigenvalue weighted by atomic mass is 16.4. The largest absolute Gasteiger partial charge is 0.478 e. The monoisotopic (exact) mass is 235 g/mol. The summed E-state index contributed by atoms with van der Waals surface area (Å²) in [5.41, 5.74) is 0.415. The van der Waals surface area contributed by atoms with Gasteiger partial charge in [-0.3, -0.25) is 4.98 Å². The molecule has 17 heavy (non-hydrogen) atoms. The van der Waals surface area contributed by atoms with Crippen LogP contribution in [0.15, 0.2) is 18.5 Å². The molecule has 0 spiro atoms. The molecular formula is C11H13N3O3. The van der Waals surface area contributed by atoms with Crippen LogP contribution in [-0.4, -0.2) is 28.1 Å². The van der Waals surface area contributed by atoms with E-state index in [1.807, 2.05) is 0 Å². The summed E-state index contributed by atoms with van der Waals surface area (Å²) < 4.78 is 0. The van der Waals surface area contributed by atoms with E-state index >= 15 is 0 Å². The molecule has 2 amide bonds. The predicted octanol–water partition coefficient (Wildman–Crippen LogP) is 1.31. The number of hydrogen-bond acceptors (Lipinski definition) is 3. The van der Waals surface area contributed by atoms with Gasteiger partial charge < -0.3 is 15.7 Å². The zero-order valence-electron chi connectivity index (χ0n) is 9.30. The Hall–Kier alpha value is -2.11. The molecule has 1 fully saturated rings. The van der Waals surface area contributed by atoms with Crippen LogP contribution in [0.2, 0.25) is 0 Å². The minimum atomic E-state index is -1.07. The molecule has 1 aromatic rings. The predicted molar refractivity (Wildman–Crippen MR) is 60.9 cm³/mol. The first kappa shape index (κ1) is 11.4. The third kappa shape index (κ3) is 2.93. The smallest absolute Gasteiger partial charge is 0.337 e. The number of hydrogen-bond donors (Lipinski definition) is 3. The number of carboxylic acid groups (broad SMARTS) is 1. The first-order valence-corrected chi connectivity index (χ1v) is 5.32. The Morgan fingerprint density at radius 2 is 2.18 bits per heavy atom. The number of carbonyl (C=O) groups is 2. The Kier molecular flexibility index (Phi) is 2.95. The van der Waals surface area contributed by atoms with Crippen LogP contribution in [0.25, 0.3) is 0 Å².